The van der Waals surface area contributed by atoms with Gasteiger partial charge in [-0.2, -0.15) is 4.31 Å². The fourth-order valence-corrected chi connectivity index (χ4v) is 4.88. The highest BCUT2D eigenvalue weighted by atomic mass is 79.9. The number of sulfonamides is 1. The third kappa shape index (κ3) is 3.75. The van der Waals surface area contributed by atoms with Crippen molar-refractivity contribution in [3.05, 3.63) is 81.8 Å². The minimum absolute atomic E-state index is 0.0740. The van der Waals surface area contributed by atoms with Gasteiger partial charge in [-0.15, -0.1) is 0 Å². The standard InChI is InChI=1S/C19H18BrNO4S/c1-26(24,25)21-17(13-5-3-2-4-6-13)12-11-16(19(22)23)18(21)14-7-9-15(20)10-8-14/h2-11,17-18H,12H2,1H3,(H,22,23)/t17-,18-/m0/s1. The number of carbonyl (C=O) groups is 1. The molecular formula is C19H18BrNO4S. The van der Waals surface area contributed by atoms with E-state index in [-0.39, 0.29) is 5.57 Å². The topological polar surface area (TPSA) is 74.7 Å². The first kappa shape index (κ1) is 18.8. The van der Waals surface area contributed by atoms with Crippen molar-refractivity contribution in [1.29, 1.82) is 0 Å². The zero-order valence-corrected chi connectivity index (χ0v) is 16.4. The summed E-state index contributed by atoms with van der Waals surface area (Å²) in [5, 5.41) is 9.67. The summed E-state index contributed by atoms with van der Waals surface area (Å²) < 4.78 is 27.5. The average molecular weight is 436 g/mol. The van der Waals surface area contributed by atoms with Gasteiger partial charge < -0.3 is 5.11 Å². The Morgan fingerprint density at radius 3 is 2.23 bits per heavy atom. The molecule has 0 aromatic heterocycles. The van der Waals surface area contributed by atoms with Crippen LogP contribution in [0.4, 0.5) is 0 Å². The maximum absolute atomic E-state index is 12.7. The number of rotatable bonds is 4. The molecule has 0 unspecified atom stereocenters. The van der Waals surface area contributed by atoms with Gasteiger partial charge in [-0.1, -0.05) is 64.5 Å². The molecule has 0 aliphatic carbocycles. The van der Waals surface area contributed by atoms with Crippen LogP contribution in [0, 0.1) is 0 Å². The van der Waals surface area contributed by atoms with Crippen LogP contribution in [0.3, 0.4) is 0 Å². The number of carboxylic acid groups (broad SMARTS) is 1. The largest absolute Gasteiger partial charge is 0.478 e. The van der Waals surface area contributed by atoms with Crippen LogP contribution in [0.15, 0.2) is 70.7 Å². The molecule has 1 N–H and O–H groups in total. The van der Waals surface area contributed by atoms with E-state index in [0.717, 1.165) is 16.3 Å². The van der Waals surface area contributed by atoms with Crippen molar-refractivity contribution in [1.82, 2.24) is 4.31 Å². The lowest BCUT2D eigenvalue weighted by Gasteiger charge is -2.40. The third-order valence-corrected chi connectivity index (χ3v) is 6.18. The first-order chi connectivity index (χ1) is 12.3. The zero-order valence-electron chi connectivity index (χ0n) is 14.0. The van der Waals surface area contributed by atoms with Crippen LogP contribution >= 0.6 is 15.9 Å². The Balaban J connectivity index is 2.20. The SMILES string of the molecule is CS(=O)(=O)N1[C@@H](c2ccc(Br)cc2)C(C(=O)O)=CC[C@H]1c1ccccc1. The summed E-state index contributed by atoms with van der Waals surface area (Å²) in [6, 6.07) is 15.0. The summed E-state index contributed by atoms with van der Waals surface area (Å²) in [6.45, 7) is 0. The van der Waals surface area contributed by atoms with Crippen molar-refractivity contribution in [2.45, 2.75) is 18.5 Å². The van der Waals surface area contributed by atoms with Gasteiger partial charge in [0.25, 0.3) is 0 Å². The van der Waals surface area contributed by atoms with E-state index in [1.807, 2.05) is 30.3 Å². The lowest BCUT2D eigenvalue weighted by Crippen LogP contribution is -2.41. The average Bonchev–Trinajstić information content (AvgIpc) is 2.61. The van der Waals surface area contributed by atoms with E-state index in [2.05, 4.69) is 15.9 Å². The Kier molecular flexibility index (Phi) is 5.32. The first-order valence-electron chi connectivity index (χ1n) is 8.01. The minimum Gasteiger partial charge on any atom is -0.478 e. The van der Waals surface area contributed by atoms with Crippen molar-refractivity contribution >= 4 is 31.9 Å². The number of hydrogen-bond donors (Lipinski definition) is 1. The number of carboxylic acids is 1. The molecule has 1 aliphatic heterocycles. The number of aliphatic carboxylic acids is 1. The molecule has 0 bridgehead atoms. The predicted molar refractivity (Wildman–Crippen MR) is 103 cm³/mol. The lowest BCUT2D eigenvalue weighted by molar-refractivity contribution is -0.133. The molecule has 0 saturated heterocycles. The van der Waals surface area contributed by atoms with Crippen molar-refractivity contribution in [2.24, 2.45) is 0 Å². The second kappa shape index (κ2) is 7.34. The van der Waals surface area contributed by atoms with E-state index in [1.54, 1.807) is 30.3 Å². The van der Waals surface area contributed by atoms with Gasteiger partial charge in [0.1, 0.15) is 0 Å². The van der Waals surface area contributed by atoms with Crippen molar-refractivity contribution in [2.75, 3.05) is 6.26 Å². The molecule has 2 atom stereocenters. The van der Waals surface area contributed by atoms with Gasteiger partial charge in [0.15, 0.2) is 0 Å². The van der Waals surface area contributed by atoms with Crippen molar-refractivity contribution in [3.63, 3.8) is 0 Å². The summed E-state index contributed by atoms with van der Waals surface area (Å²) in [5.41, 5.74) is 1.53. The van der Waals surface area contributed by atoms with Gasteiger partial charge in [-0.3, -0.25) is 0 Å². The van der Waals surface area contributed by atoms with Crippen LogP contribution in [0.25, 0.3) is 0 Å². The molecule has 2 aromatic rings. The van der Waals surface area contributed by atoms with E-state index in [1.165, 1.54) is 4.31 Å². The molecule has 0 amide bonds. The summed E-state index contributed by atoms with van der Waals surface area (Å²) in [4.78, 5) is 11.8. The summed E-state index contributed by atoms with van der Waals surface area (Å²) in [6.07, 6.45) is 3.07. The minimum atomic E-state index is -3.68. The highest BCUT2D eigenvalue weighted by molar-refractivity contribution is 9.10. The number of hydrogen-bond acceptors (Lipinski definition) is 3. The molecule has 3 rings (SSSR count). The van der Waals surface area contributed by atoms with Crippen molar-refractivity contribution < 1.29 is 18.3 Å². The van der Waals surface area contributed by atoms with Gasteiger partial charge in [-0.25, -0.2) is 13.2 Å². The van der Waals surface area contributed by atoms with Crippen LogP contribution in [0.5, 0.6) is 0 Å². The maximum atomic E-state index is 12.7. The zero-order chi connectivity index (χ0) is 18.9. The Labute approximate surface area is 161 Å². The first-order valence-corrected chi connectivity index (χ1v) is 10.7. The molecule has 5 nitrogen and oxygen atoms in total. The van der Waals surface area contributed by atoms with Crippen LogP contribution < -0.4 is 0 Å². The third-order valence-electron chi connectivity index (χ3n) is 4.42. The maximum Gasteiger partial charge on any atom is 0.333 e. The van der Waals surface area contributed by atoms with Gasteiger partial charge in [0, 0.05) is 4.47 Å². The van der Waals surface area contributed by atoms with Gasteiger partial charge in [0.2, 0.25) is 10.0 Å². The molecule has 136 valence electrons. The second-order valence-electron chi connectivity index (χ2n) is 6.17. The monoisotopic (exact) mass is 435 g/mol. The van der Waals surface area contributed by atoms with E-state index >= 15 is 0 Å². The number of nitrogens with zero attached hydrogens (tertiary/aromatic N) is 1. The van der Waals surface area contributed by atoms with E-state index in [9.17, 15) is 18.3 Å². The molecule has 7 heteroatoms. The predicted octanol–water partition coefficient (Wildman–Crippen LogP) is 3.91. The molecule has 1 heterocycles. The fraction of sp³-hybridized carbons (Fsp3) is 0.211. The Hall–Kier alpha value is -1.96. The van der Waals surface area contributed by atoms with Crippen LogP contribution in [-0.4, -0.2) is 30.1 Å². The molecule has 26 heavy (non-hydrogen) atoms. The second-order valence-corrected chi connectivity index (χ2v) is 8.98. The van der Waals surface area contributed by atoms with E-state index < -0.39 is 28.1 Å². The molecule has 0 spiro atoms. The van der Waals surface area contributed by atoms with Crippen LogP contribution in [-0.2, 0) is 14.8 Å². The van der Waals surface area contributed by atoms with E-state index in [4.69, 9.17) is 0 Å². The molecule has 0 fully saturated rings. The Bertz CT molecular complexity index is 939. The van der Waals surface area contributed by atoms with Gasteiger partial charge in [-0.05, 0) is 29.7 Å². The van der Waals surface area contributed by atoms with Crippen LogP contribution in [0.1, 0.15) is 29.6 Å². The van der Waals surface area contributed by atoms with Crippen LogP contribution in [0.2, 0.25) is 0 Å². The number of benzene rings is 2. The smallest absolute Gasteiger partial charge is 0.333 e. The highest BCUT2D eigenvalue weighted by Gasteiger charge is 2.42. The van der Waals surface area contributed by atoms with E-state index in [0.29, 0.717) is 12.0 Å². The fourth-order valence-electron chi connectivity index (χ4n) is 3.33. The molecule has 0 radical (unpaired) electrons. The van der Waals surface area contributed by atoms with Gasteiger partial charge >= 0.3 is 5.97 Å². The summed E-state index contributed by atoms with van der Waals surface area (Å²) >= 11 is 3.35. The summed E-state index contributed by atoms with van der Waals surface area (Å²) in [7, 11) is -3.68. The molecule has 0 saturated carbocycles. The Morgan fingerprint density at radius 2 is 1.69 bits per heavy atom. The normalized spacial score (nSPS) is 21.2. The van der Waals surface area contributed by atoms with Crippen molar-refractivity contribution in [3.8, 4) is 0 Å². The number of halogens is 1. The highest BCUT2D eigenvalue weighted by Crippen LogP contribution is 2.43. The molecule has 2 aromatic carbocycles. The summed E-state index contributed by atoms with van der Waals surface area (Å²) in [5.74, 6) is -1.11. The quantitative estimate of drug-likeness (QED) is 0.789. The Morgan fingerprint density at radius 1 is 1.08 bits per heavy atom. The van der Waals surface area contributed by atoms with Gasteiger partial charge in [0.05, 0.1) is 23.9 Å². The molecule has 1 aliphatic rings. The lowest BCUT2D eigenvalue weighted by atomic mass is 9.89. The molecular weight excluding hydrogens is 418 g/mol.